The van der Waals surface area contributed by atoms with Gasteiger partial charge in [-0.15, -0.1) is 0 Å². The first-order valence-electron chi connectivity index (χ1n) is 15.1. The Hall–Kier alpha value is -6.13. The molecule has 0 saturated heterocycles. The van der Waals surface area contributed by atoms with Gasteiger partial charge in [-0.1, -0.05) is 127 Å². The van der Waals surface area contributed by atoms with Crippen LogP contribution in [-0.4, -0.2) is 19.5 Å². The summed E-state index contributed by atoms with van der Waals surface area (Å²) in [6.07, 6.45) is 0. The Kier molecular flexibility index (Phi) is 5.78. The van der Waals surface area contributed by atoms with Crippen LogP contribution in [-0.2, 0) is 0 Å². The molecule has 45 heavy (non-hydrogen) atoms. The molecule has 0 amide bonds. The summed E-state index contributed by atoms with van der Waals surface area (Å²) in [4.78, 5) is 15.4. The van der Waals surface area contributed by atoms with Crippen LogP contribution in [0.2, 0.25) is 0 Å². The SMILES string of the molecule is c1ccc(-c2nc(-c3ccc4ccccc4c3)nc(-c3cc4ccccc4cc3-n3c4ccccc4c4ccccc43)n2)cc1. The van der Waals surface area contributed by atoms with E-state index in [9.17, 15) is 0 Å². The third-order valence-corrected chi connectivity index (χ3v) is 8.60. The number of rotatable bonds is 4. The van der Waals surface area contributed by atoms with Gasteiger partial charge in [0.05, 0.1) is 16.7 Å². The summed E-state index contributed by atoms with van der Waals surface area (Å²) in [5.41, 5.74) is 6.16. The van der Waals surface area contributed by atoms with E-state index < -0.39 is 0 Å². The van der Waals surface area contributed by atoms with Gasteiger partial charge in [0.2, 0.25) is 0 Å². The molecule has 7 aromatic carbocycles. The van der Waals surface area contributed by atoms with E-state index in [4.69, 9.17) is 15.0 Å². The standard InChI is InChI=1S/C41H26N4/c1-2-13-28(14-3-1)39-42-40(32-23-22-27-12-4-5-15-29(27)24-32)44-41(43-39)35-25-30-16-6-7-17-31(30)26-38(35)45-36-20-10-8-18-33(36)34-19-9-11-21-37(34)45/h1-26H. The van der Waals surface area contributed by atoms with E-state index in [0.717, 1.165) is 49.6 Å². The average molecular weight is 575 g/mol. The van der Waals surface area contributed by atoms with Crippen molar-refractivity contribution in [3.05, 3.63) is 158 Å². The summed E-state index contributed by atoms with van der Waals surface area (Å²) < 4.78 is 2.36. The predicted octanol–water partition coefficient (Wildman–Crippen LogP) is 10.3. The molecule has 2 heterocycles. The van der Waals surface area contributed by atoms with Gasteiger partial charge in [-0.25, -0.2) is 15.0 Å². The second-order valence-electron chi connectivity index (χ2n) is 11.3. The van der Waals surface area contributed by atoms with Gasteiger partial charge in [-0.05, 0) is 51.9 Å². The number of nitrogens with zero attached hydrogens (tertiary/aromatic N) is 4. The number of fused-ring (bicyclic) bond motifs is 5. The Morgan fingerprint density at radius 1 is 0.356 bits per heavy atom. The van der Waals surface area contributed by atoms with Gasteiger partial charge < -0.3 is 4.57 Å². The van der Waals surface area contributed by atoms with Crippen molar-refractivity contribution >= 4 is 43.4 Å². The summed E-state index contributed by atoms with van der Waals surface area (Å²) in [6.45, 7) is 0. The van der Waals surface area contributed by atoms with E-state index >= 15 is 0 Å². The van der Waals surface area contributed by atoms with Crippen LogP contribution in [0, 0.1) is 0 Å². The third kappa shape index (κ3) is 4.27. The van der Waals surface area contributed by atoms with Gasteiger partial charge in [-0.3, -0.25) is 0 Å². The van der Waals surface area contributed by atoms with Crippen LogP contribution in [0.15, 0.2) is 158 Å². The van der Waals surface area contributed by atoms with Crippen molar-refractivity contribution in [2.45, 2.75) is 0 Å². The number of benzene rings is 7. The van der Waals surface area contributed by atoms with Crippen molar-refractivity contribution in [2.24, 2.45) is 0 Å². The first-order chi connectivity index (χ1) is 22.3. The molecular weight excluding hydrogens is 548 g/mol. The molecule has 4 heteroatoms. The lowest BCUT2D eigenvalue weighted by Gasteiger charge is -2.16. The second-order valence-corrected chi connectivity index (χ2v) is 11.3. The lowest BCUT2D eigenvalue weighted by molar-refractivity contribution is 1.07. The topological polar surface area (TPSA) is 43.6 Å². The minimum atomic E-state index is 0.634. The molecule has 0 fully saturated rings. The molecular formula is C41H26N4. The molecule has 0 bridgehead atoms. The van der Waals surface area contributed by atoms with Crippen molar-refractivity contribution in [3.63, 3.8) is 0 Å². The molecule has 0 aliphatic rings. The van der Waals surface area contributed by atoms with Crippen LogP contribution >= 0.6 is 0 Å². The van der Waals surface area contributed by atoms with Crippen molar-refractivity contribution in [1.29, 1.82) is 0 Å². The number of hydrogen-bond acceptors (Lipinski definition) is 3. The van der Waals surface area contributed by atoms with E-state index in [1.807, 2.05) is 18.2 Å². The van der Waals surface area contributed by atoms with Crippen molar-refractivity contribution in [1.82, 2.24) is 19.5 Å². The third-order valence-electron chi connectivity index (χ3n) is 8.60. The molecule has 0 atom stereocenters. The Balaban J connectivity index is 1.37. The van der Waals surface area contributed by atoms with E-state index in [2.05, 4.69) is 144 Å². The maximum atomic E-state index is 5.21. The van der Waals surface area contributed by atoms with Crippen molar-refractivity contribution < 1.29 is 0 Å². The fraction of sp³-hybridized carbons (Fsp3) is 0. The number of aromatic nitrogens is 4. The summed E-state index contributed by atoms with van der Waals surface area (Å²) >= 11 is 0. The van der Waals surface area contributed by atoms with Crippen LogP contribution in [0.25, 0.3) is 83.2 Å². The molecule has 9 rings (SSSR count). The smallest absolute Gasteiger partial charge is 0.166 e. The highest BCUT2D eigenvalue weighted by atomic mass is 15.1. The van der Waals surface area contributed by atoms with Gasteiger partial charge in [0, 0.05) is 27.5 Å². The molecule has 0 saturated carbocycles. The molecule has 0 N–H and O–H groups in total. The molecule has 0 radical (unpaired) electrons. The highest BCUT2D eigenvalue weighted by Gasteiger charge is 2.20. The Labute approximate surface area is 259 Å². The van der Waals surface area contributed by atoms with Crippen molar-refractivity contribution in [2.75, 3.05) is 0 Å². The Morgan fingerprint density at radius 3 is 1.56 bits per heavy atom. The van der Waals surface area contributed by atoms with Crippen LogP contribution in [0.1, 0.15) is 0 Å². The second kappa shape index (κ2) is 10.2. The van der Waals surface area contributed by atoms with Gasteiger partial charge in [-0.2, -0.15) is 0 Å². The Morgan fingerprint density at radius 2 is 0.867 bits per heavy atom. The zero-order chi connectivity index (χ0) is 29.7. The average Bonchev–Trinajstić information content (AvgIpc) is 3.45. The van der Waals surface area contributed by atoms with Crippen LogP contribution in [0.5, 0.6) is 0 Å². The summed E-state index contributed by atoms with van der Waals surface area (Å²) in [6, 6.07) is 55.1. The first-order valence-corrected chi connectivity index (χ1v) is 15.1. The van der Waals surface area contributed by atoms with Crippen molar-refractivity contribution in [3.8, 4) is 39.9 Å². The number of para-hydroxylation sites is 2. The first kappa shape index (κ1) is 25.4. The quantitative estimate of drug-likeness (QED) is 0.210. The van der Waals surface area contributed by atoms with Gasteiger partial charge in [0.1, 0.15) is 0 Å². The molecule has 9 aromatic rings. The van der Waals surface area contributed by atoms with E-state index in [1.165, 1.54) is 16.2 Å². The summed E-state index contributed by atoms with van der Waals surface area (Å²) in [5.74, 6) is 1.92. The fourth-order valence-electron chi connectivity index (χ4n) is 6.44. The van der Waals surface area contributed by atoms with E-state index in [-0.39, 0.29) is 0 Å². The van der Waals surface area contributed by atoms with Crippen LogP contribution in [0.4, 0.5) is 0 Å². The monoisotopic (exact) mass is 574 g/mol. The largest absolute Gasteiger partial charge is 0.308 e. The van der Waals surface area contributed by atoms with Gasteiger partial charge in [0.25, 0.3) is 0 Å². The lowest BCUT2D eigenvalue weighted by Crippen LogP contribution is -2.04. The van der Waals surface area contributed by atoms with E-state index in [1.54, 1.807) is 0 Å². The lowest BCUT2D eigenvalue weighted by atomic mass is 10.0. The maximum Gasteiger partial charge on any atom is 0.166 e. The van der Waals surface area contributed by atoms with E-state index in [0.29, 0.717) is 17.5 Å². The predicted molar refractivity (Wildman–Crippen MR) is 185 cm³/mol. The van der Waals surface area contributed by atoms with Crippen LogP contribution < -0.4 is 0 Å². The molecule has 4 nitrogen and oxygen atoms in total. The summed E-state index contributed by atoms with van der Waals surface area (Å²) in [5, 5.41) is 7.04. The maximum absolute atomic E-state index is 5.21. The fourth-order valence-corrected chi connectivity index (χ4v) is 6.44. The molecule has 2 aromatic heterocycles. The number of hydrogen-bond donors (Lipinski definition) is 0. The summed E-state index contributed by atoms with van der Waals surface area (Å²) in [7, 11) is 0. The zero-order valence-electron chi connectivity index (χ0n) is 24.3. The molecule has 0 unspecified atom stereocenters. The normalized spacial score (nSPS) is 11.6. The zero-order valence-corrected chi connectivity index (χ0v) is 24.3. The minimum Gasteiger partial charge on any atom is -0.308 e. The van der Waals surface area contributed by atoms with Gasteiger partial charge in [0.15, 0.2) is 17.5 Å². The molecule has 0 aliphatic heterocycles. The minimum absolute atomic E-state index is 0.634. The van der Waals surface area contributed by atoms with Crippen LogP contribution in [0.3, 0.4) is 0 Å². The molecule has 0 spiro atoms. The highest BCUT2D eigenvalue weighted by molar-refractivity contribution is 6.10. The highest BCUT2D eigenvalue weighted by Crippen LogP contribution is 2.38. The molecule has 0 aliphatic carbocycles. The Bertz CT molecular complexity index is 2490. The van der Waals surface area contributed by atoms with Gasteiger partial charge >= 0.3 is 0 Å². The molecule has 210 valence electrons.